The maximum absolute atomic E-state index is 14.3. The van der Waals surface area contributed by atoms with Gasteiger partial charge in [-0.05, 0) is 91.7 Å². The second kappa shape index (κ2) is 21.9. The summed E-state index contributed by atoms with van der Waals surface area (Å²) in [4.78, 5) is 34.4. The smallest absolute Gasteiger partial charge is 0.233 e. The van der Waals surface area contributed by atoms with Crippen LogP contribution in [-0.4, -0.2) is 33.4 Å². The number of Topliss-reactive ketones (excluding diaryl/α,β-unsaturated/α-hetero) is 2. The molecule has 0 unspecified atom stereocenters. The summed E-state index contributed by atoms with van der Waals surface area (Å²) < 4.78 is 2.27. The molecular formula is C63H65N3O3S. The normalized spacial score (nSPS) is 14.4. The van der Waals surface area contributed by atoms with Crippen molar-refractivity contribution in [1.29, 1.82) is 0 Å². The fourth-order valence-corrected chi connectivity index (χ4v) is 11.2. The van der Waals surface area contributed by atoms with Crippen LogP contribution < -0.4 is 15.4 Å². The summed E-state index contributed by atoms with van der Waals surface area (Å²) in [5, 5.41) is 21.2. The zero-order chi connectivity index (χ0) is 48.7. The quantitative estimate of drug-likeness (QED) is 0.0402. The standard InChI is InChI=1S/C55H47N3O3S.C8H18/c1-4-5-6-7-8-9-31-57-47-28-27-39(49-29-30-50(62-49)58(37-23-19-34(2)20-24-37)38-25-21-35(3)22-26-38)40-15-12-17-42(52(40)47)48(57)33-44-53(59)43(54(60)55(44)61)32-46-41-16-10-13-36-14-11-18-45(56-46)51(36)41;1-3-5-7-8-6-4-2/h10-30,32-33H,4-9,31H2,1-3H3,(H,59,61);3-8H2,1-2H3. The van der Waals surface area contributed by atoms with Crippen molar-refractivity contribution in [3.63, 3.8) is 0 Å². The molecule has 0 atom stereocenters. The molecule has 0 saturated carbocycles. The average Bonchev–Trinajstić information content (AvgIpc) is 4.13. The minimum absolute atomic E-state index is 0.0845. The highest BCUT2D eigenvalue weighted by Crippen LogP contribution is 2.46. The van der Waals surface area contributed by atoms with Crippen LogP contribution in [0.3, 0.4) is 0 Å². The fourth-order valence-electron chi connectivity index (χ4n) is 10.1. The molecule has 2 aromatic heterocycles. The summed E-state index contributed by atoms with van der Waals surface area (Å²) in [6, 6.07) is 44.4. The molecule has 0 radical (unpaired) electrons. The summed E-state index contributed by atoms with van der Waals surface area (Å²) >= 11 is 1.75. The third-order valence-electron chi connectivity index (χ3n) is 13.9. The number of hydrogen-bond acceptors (Lipinski definition) is 5. The van der Waals surface area contributed by atoms with E-state index in [1.54, 1.807) is 23.5 Å². The number of aryl methyl sites for hydroxylation is 2. The van der Waals surface area contributed by atoms with Crippen LogP contribution in [0.4, 0.5) is 22.1 Å². The highest BCUT2D eigenvalue weighted by Gasteiger charge is 2.36. The van der Waals surface area contributed by atoms with Gasteiger partial charge in [0.15, 0.2) is 0 Å². The number of nitrogens with one attached hydrogen (secondary N) is 1. The lowest BCUT2D eigenvalue weighted by Gasteiger charge is -2.24. The Kier molecular flexibility index (Phi) is 15.0. The van der Waals surface area contributed by atoms with E-state index in [1.165, 1.54) is 68.9 Å². The van der Waals surface area contributed by atoms with Crippen molar-refractivity contribution >= 4 is 89.2 Å². The first-order chi connectivity index (χ1) is 34.2. The summed E-state index contributed by atoms with van der Waals surface area (Å²) in [6.07, 6.45) is 18.6. The summed E-state index contributed by atoms with van der Waals surface area (Å²) in [7, 11) is 0. The van der Waals surface area contributed by atoms with Crippen molar-refractivity contribution in [2.75, 3.05) is 11.4 Å². The van der Waals surface area contributed by atoms with Crippen molar-refractivity contribution in [3.05, 3.63) is 172 Å². The van der Waals surface area contributed by atoms with E-state index in [0.717, 1.165) is 102 Å². The summed E-state index contributed by atoms with van der Waals surface area (Å²) in [6.45, 7) is 11.7. The Bertz CT molecular complexity index is 3290. The van der Waals surface area contributed by atoms with E-state index in [0.29, 0.717) is 5.35 Å². The lowest BCUT2D eigenvalue weighted by Crippen LogP contribution is -2.17. The van der Waals surface area contributed by atoms with Crippen molar-refractivity contribution in [2.45, 2.75) is 112 Å². The molecule has 0 saturated heterocycles. The van der Waals surface area contributed by atoms with Crippen LogP contribution in [-0.2, 0) is 9.59 Å². The summed E-state index contributed by atoms with van der Waals surface area (Å²) in [5.74, 6) is -2.06. The van der Waals surface area contributed by atoms with E-state index in [9.17, 15) is 14.7 Å². The van der Waals surface area contributed by atoms with Gasteiger partial charge in [0.25, 0.3) is 0 Å². The van der Waals surface area contributed by atoms with Crippen LogP contribution >= 0.6 is 11.3 Å². The lowest BCUT2D eigenvalue weighted by atomic mass is 9.97. The van der Waals surface area contributed by atoms with Gasteiger partial charge < -0.3 is 15.0 Å². The molecule has 356 valence electrons. The van der Waals surface area contributed by atoms with E-state index in [1.807, 2.05) is 36.4 Å². The molecule has 8 aromatic rings. The molecule has 6 aromatic carbocycles. The number of ketones is 2. The largest absolute Gasteiger partial charge is 0.871 e. The number of H-pyrrole nitrogens is 1. The second-order valence-corrected chi connectivity index (χ2v) is 20.1. The molecule has 0 amide bonds. The molecule has 0 bridgehead atoms. The van der Waals surface area contributed by atoms with Gasteiger partial charge in [-0.1, -0.05) is 169 Å². The van der Waals surface area contributed by atoms with Gasteiger partial charge in [0.2, 0.25) is 23.0 Å². The molecule has 0 fully saturated rings. The van der Waals surface area contributed by atoms with Crippen molar-refractivity contribution < 1.29 is 19.3 Å². The molecule has 70 heavy (non-hydrogen) atoms. The molecule has 1 aliphatic carbocycles. The number of rotatable bonds is 18. The number of unbranched alkanes of at least 4 members (excludes halogenated alkanes) is 10. The third kappa shape index (κ3) is 9.82. The molecule has 7 heteroatoms. The van der Waals surface area contributed by atoms with E-state index in [2.05, 4.69) is 140 Å². The topological polar surface area (TPSA) is 79.2 Å². The van der Waals surface area contributed by atoms with Gasteiger partial charge in [-0.15, -0.1) is 11.3 Å². The Balaban J connectivity index is 0.000000701. The maximum Gasteiger partial charge on any atom is 0.233 e. The first-order valence-electron chi connectivity index (χ1n) is 25.7. The Morgan fingerprint density at radius 1 is 0.586 bits per heavy atom. The molecule has 0 spiro atoms. The number of benzene rings is 6. The number of anilines is 3. The minimum Gasteiger partial charge on any atom is -0.871 e. The van der Waals surface area contributed by atoms with Crippen LogP contribution in [0.2, 0.25) is 0 Å². The van der Waals surface area contributed by atoms with Gasteiger partial charge in [0.05, 0.1) is 10.9 Å². The predicted molar refractivity (Wildman–Crippen MR) is 293 cm³/mol. The molecule has 1 N–H and O–H groups in total. The van der Waals surface area contributed by atoms with Crippen molar-refractivity contribution in [3.8, 4) is 10.4 Å². The van der Waals surface area contributed by atoms with Crippen LogP contribution in [0, 0.1) is 13.8 Å². The van der Waals surface area contributed by atoms with Gasteiger partial charge in [-0.25, -0.2) is 0 Å². The Hall–Kier alpha value is -6.83. The fraction of sp³-hybridized carbons (Fsp3) is 0.286. The number of aromatic nitrogens is 1. The van der Waals surface area contributed by atoms with E-state index in [-0.39, 0.29) is 11.1 Å². The average molecular weight is 944 g/mol. The Morgan fingerprint density at radius 2 is 1.19 bits per heavy atom. The Labute approximate surface area is 417 Å². The zero-order valence-corrected chi connectivity index (χ0v) is 42.3. The first-order valence-corrected chi connectivity index (χ1v) is 26.5. The number of carbonyl (C=O) groups excluding carboxylic acids is 2. The maximum atomic E-state index is 14.3. The number of carbonyl (C=O) groups is 2. The van der Waals surface area contributed by atoms with Crippen LogP contribution in [0.1, 0.15) is 115 Å². The van der Waals surface area contributed by atoms with Gasteiger partial charge in [-0.3, -0.25) is 9.59 Å². The highest BCUT2D eigenvalue weighted by atomic mass is 32.1. The van der Waals surface area contributed by atoms with E-state index in [4.69, 9.17) is 0 Å². The van der Waals surface area contributed by atoms with Crippen molar-refractivity contribution in [2.24, 2.45) is 0 Å². The first kappa shape index (κ1) is 48.2. The number of thiophene rings is 1. The highest BCUT2D eigenvalue weighted by molar-refractivity contribution is 7.19. The summed E-state index contributed by atoms with van der Waals surface area (Å²) in [5.41, 5.74) is 9.24. The molecule has 3 heterocycles. The molecule has 10 rings (SSSR count). The molecular weight excluding hydrogens is 879 g/mol. The van der Waals surface area contributed by atoms with Crippen LogP contribution in [0.5, 0.6) is 0 Å². The third-order valence-corrected chi connectivity index (χ3v) is 15.1. The number of nitrogens with zero attached hydrogens (tertiary/aromatic N) is 2. The van der Waals surface area contributed by atoms with E-state index < -0.39 is 17.3 Å². The lowest BCUT2D eigenvalue weighted by molar-refractivity contribution is -0.436. The number of aromatic amines is 1. The SMILES string of the molecule is CCCCCCCC.CCCCCCCC[N+]1=C(/C=C2\C(=O)C(=O)C(/C=c3/[nH]c4cccc5cccc3c54)=C2[O-])c2cccc3c(-c4ccc(N(c5ccc(C)cc5)c5ccc(C)cc5)s4)ccc1c23. The van der Waals surface area contributed by atoms with Gasteiger partial charge >= 0.3 is 0 Å². The van der Waals surface area contributed by atoms with Crippen LogP contribution in [0.15, 0.2) is 150 Å². The monoisotopic (exact) mass is 943 g/mol. The zero-order valence-electron chi connectivity index (χ0n) is 41.5. The Morgan fingerprint density at radius 3 is 1.84 bits per heavy atom. The second-order valence-electron chi connectivity index (χ2n) is 19.1. The predicted octanol–water partition coefficient (Wildman–Crippen LogP) is 15.4. The van der Waals surface area contributed by atoms with Gasteiger partial charge in [-0.2, -0.15) is 4.58 Å². The number of hydrogen-bond donors (Lipinski definition) is 1. The minimum atomic E-state index is -0.767. The molecule has 6 nitrogen and oxygen atoms in total. The number of allylic oxidation sites excluding steroid dienone is 3. The van der Waals surface area contributed by atoms with E-state index >= 15 is 0 Å². The van der Waals surface area contributed by atoms with Crippen LogP contribution in [0.25, 0.3) is 49.0 Å². The van der Waals surface area contributed by atoms with Gasteiger partial charge in [0.1, 0.15) is 11.5 Å². The van der Waals surface area contributed by atoms with Crippen molar-refractivity contribution in [1.82, 2.24) is 4.98 Å². The van der Waals surface area contributed by atoms with Gasteiger partial charge in [0, 0.05) is 73.2 Å². The molecule has 2 aliphatic rings. The molecule has 1 aliphatic heterocycles.